The van der Waals surface area contributed by atoms with E-state index in [4.69, 9.17) is 0 Å². The van der Waals surface area contributed by atoms with E-state index in [1.165, 1.54) is 0 Å². The molecule has 0 aliphatic heterocycles. The lowest BCUT2D eigenvalue weighted by Gasteiger charge is -2.16. The van der Waals surface area contributed by atoms with Crippen LogP contribution in [0, 0.1) is 5.92 Å². The topological polar surface area (TPSA) is 95.0 Å². The van der Waals surface area contributed by atoms with E-state index in [0.29, 0.717) is 23.8 Å². The van der Waals surface area contributed by atoms with Crippen LogP contribution in [0.3, 0.4) is 0 Å². The molecule has 0 amide bonds. The molecule has 0 fully saturated rings. The van der Waals surface area contributed by atoms with Crippen LogP contribution in [0.5, 0.6) is 0 Å². The molecule has 0 spiro atoms. The Labute approximate surface area is 133 Å². The molecule has 1 atom stereocenters. The third-order valence-electron chi connectivity index (χ3n) is 3.22. The summed E-state index contributed by atoms with van der Waals surface area (Å²) < 4.78 is 0. The van der Waals surface area contributed by atoms with E-state index >= 15 is 0 Å². The zero-order valence-electron chi connectivity index (χ0n) is 14.2. The maximum atomic E-state index is 9.30. The molecule has 126 valence electrons. The predicted octanol–water partition coefficient (Wildman–Crippen LogP) is 2.33. The summed E-state index contributed by atoms with van der Waals surface area (Å²) in [7, 11) is 0. The minimum Gasteiger partial charge on any atom is -0.394 e. The minimum absolute atomic E-state index is 0.0510. The molecular weight excluding hydrogens is 280 g/mol. The van der Waals surface area contributed by atoms with Gasteiger partial charge in [0, 0.05) is 13.1 Å². The van der Waals surface area contributed by atoms with Gasteiger partial charge in [-0.3, -0.25) is 0 Å². The molecular formula is C15H30N6O. The molecule has 0 aliphatic rings. The van der Waals surface area contributed by atoms with Crippen molar-refractivity contribution in [2.24, 2.45) is 5.92 Å². The molecule has 7 nitrogen and oxygen atoms in total. The lowest BCUT2D eigenvalue weighted by molar-refractivity contribution is 0.271. The molecule has 22 heavy (non-hydrogen) atoms. The molecule has 0 bridgehead atoms. The number of hydrogen-bond donors (Lipinski definition) is 4. The maximum Gasteiger partial charge on any atom is 0.229 e. The summed E-state index contributed by atoms with van der Waals surface area (Å²) in [5, 5.41) is 18.9. The van der Waals surface area contributed by atoms with Gasteiger partial charge in [-0.15, -0.1) is 0 Å². The Balaban J connectivity index is 2.79. The van der Waals surface area contributed by atoms with Gasteiger partial charge in [-0.25, -0.2) is 0 Å². The van der Waals surface area contributed by atoms with Gasteiger partial charge in [0.2, 0.25) is 17.8 Å². The Morgan fingerprint density at radius 3 is 2.05 bits per heavy atom. The first-order valence-electron chi connectivity index (χ1n) is 8.20. The van der Waals surface area contributed by atoms with Crippen LogP contribution >= 0.6 is 0 Å². The highest BCUT2D eigenvalue weighted by atomic mass is 16.3. The van der Waals surface area contributed by atoms with Crippen molar-refractivity contribution < 1.29 is 5.11 Å². The number of aliphatic hydroxyl groups excluding tert-OH is 1. The highest BCUT2D eigenvalue weighted by molar-refractivity contribution is 5.42. The van der Waals surface area contributed by atoms with Crippen LogP contribution in [0.25, 0.3) is 0 Å². The first-order valence-corrected chi connectivity index (χ1v) is 8.20. The Kier molecular flexibility index (Phi) is 8.50. The van der Waals surface area contributed by atoms with Gasteiger partial charge in [0.25, 0.3) is 0 Å². The van der Waals surface area contributed by atoms with Gasteiger partial charge in [-0.05, 0) is 25.2 Å². The average Bonchev–Trinajstić information content (AvgIpc) is 2.50. The van der Waals surface area contributed by atoms with Crippen molar-refractivity contribution in [3.8, 4) is 0 Å². The van der Waals surface area contributed by atoms with Crippen LogP contribution in [0.1, 0.15) is 47.0 Å². The average molecular weight is 310 g/mol. The molecule has 0 radical (unpaired) electrons. The van der Waals surface area contributed by atoms with E-state index < -0.39 is 0 Å². The third kappa shape index (κ3) is 6.89. The first-order chi connectivity index (χ1) is 10.6. The summed E-state index contributed by atoms with van der Waals surface area (Å²) in [6, 6.07) is -0.0510. The first kappa shape index (κ1) is 18.4. The summed E-state index contributed by atoms with van der Waals surface area (Å²) in [6.07, 6.45) is 2.86. The van der Waals surface area contributed by atoms with Crippen LogP contribution in [0.2, 0.25) is 0 Å². The summed E-state index contributed by atoms with van der Waals surface area (Å²) in [6.45, 7) is 10.2. The van der Waals surface area contributed by atoms with E-state index in [1.54, 1.807) is 0 Å². The van der Waals surface area contributed by atoms with Crippen molar-refractivity contribution >= 4 is 17.8 Å². The van der Waals surface area contributed by atoms with Gasteiger partial charge in [0.1, 0.15) is 0 Å². The second-order valence-electron chi connectivity index (χ2n) is 5.77. The van der Waals surface area contributed by atoms with E-state index in [-0.39, 0.29) is 12.6 Å². The largest absolute Gasteiger partial charge is 0.394 e. The fourth-order valence-corrected chi connectivity index (χ4v) is 1.77. The fourth-order valence-electron chi connectivity index (χ4n) is 1.77. The van der Waals surface area contributed by atoms with Crippen LogP contribution in [0.15, 0.2) is 0 Å². The minimum atomic E-state index is -0.0510. The van der Waals surface area contributed by atoms with Crippen molar-refractivity contribution in [2.75, 3.05) is 35.6 Å². The number of rotatable bonds is 11. The summed E-state index contributed by atoms with van der Waals surface area (Å²) in [5.41, 5.74) is 0. The second-order valence-corrected chi connectivity index (χ2v) is 5.77. The summed E-state index contributed by atoms with van der Waals surface area (Å²) in [4.78, 5) is 13.1. The smallest absolute Gasteiger partial charge is 0.229 e. The van der Waals surface area contributed by atoms with Gasteiger partial charge < -0.3 is 21.1 Å². The Bertz CT molecular complexity index is 422. The van der Waals surface area contributed by atoms with Crippen LogP contribution in [0.4, 0.5) is 17.8 Å². The highest BCUT2D eigenvalue weighted by Gasteiger charge is 2.10. The van der Waals surface area contributed by atoms with Gasteiger partial charge in [0.05, 0.1) is 12.6 Å². The summed E-state index contributed by atoms with van der Waals surface area (Å²) in [5.74, 6) is 2.23. The monoisotopic (exact) mass is 310 g/mol. The molecule has 4 N–H and O–H groups in total. The lowest BCUT2D eigenvalue weighted by atomic mass is 10.1. The molecule has 1 heterocycles. The van der Waals surface area contributed by atoms with Gasteiger partial charge in [-0.2, -0.15) is 15.0 Å². The molecule has 1 rings (SSSR count). The second kappa shape index (κ2) is 10.2. The van der Waals surface area contributed by atoms with Crippen molar-refractivity contribution in [2.45, 2.75) is 53.0 Å². The summed E-state index contributed by atoms with van der Waals surface area (Å²) >= 11 is 0. The van der Waals surface area contributed by atoms with Crippen LogP contribution < -0.4 is 16.0 Å². The van der Waals surface area contributed by atoms with Crippen molar-refractivity contribution in [1.82, 2.24) is 15.0 Å². The van der Waals surface area contributed by atoms with Crippen molar-refractivity contribution in [3.05, 3.63) is 0 Å². The number of nitrogens with zero attached hydrogens (tertiary/aromatic N) is 3. The van der Waals surface area contributed by atoms with E-state index in [0.717, 1.165) is 32.4 Å². The molecule has 1 aromatic rings. The van der Waals surface area contributed by atoms with Crippen molar-refractivity contribution in [1.29, 1.82) is 0 Å². The number of nitrogens with one attached hydrogen (secondary N) is 3. The molecule has 0 saturated heterocycles. The molecule has 0 saturated carbocycles. The zero-order chi connectivity index (χ0) is 16.4. The quantitative estimate of drug-likeness (QED) is 0.498. The standard InChI is InChI=1S/C15H30N6O/c1-5-8-16-13-19-14(17-9-7-11(3)4)21-15(20-13)18-12(6-2)10-22/h11-12,22H,5-10H2,1-4H3,(H3,16,17,18,19,20,21)/t12-/m1/s1. The number of aromatic nitrogens is 3. The van der Waals surface area contributed by atoms with Gasteiger partial charge in [-0.1, -0.05) is 27.7 Å². The van der Waals surface area contributed by atoms with Crippen molar-refractivity contribution in [3.63, 3.8) is 0 Å². The Hall–Kier alpha value is -1.63. The van der Waals surface area contributed by atoms with Gasteiger partial charge >= 0.3 is 0 Å². The number of anilines is 3. The lowest BCUT2D eigenvalue weighted by Crippen LogP contribution is -2.25. The highest BCUT2D eigenvalue weighted by Crippen LogP contribution is 2.12. The normalized spacial score (nSPS) is 12.3. The molecule has 0 unspecified atom stereocenters. The molecule has 0 aromatic carbocycles. The predicted molar refractivity (Wildman–Crippen MR) is 91.3 cm³/mol. The van der Waals surface area contributed by atoms with Gasteiger partial charge in [0.15, 0.2) is 0 Å². The zero-order valence-corrected chi connectivity index (χ0v) is 14.2. The van der Waals surface area contributed by atoms with Crippen LogP contribution in [-0.2, 0) is 0 Å². The number of hydrogen-bond acceptors (Lipinski definition) is 7. The SMILES string of the molecule is CCCNc1nc(NCCC(C)C)nc(N[C@H](CC)CO)n1. The van der Waals surface area contributed by atoms with E-state index in [2.05, 4.69) is 51.7 Å². The molecule has 0 aliphatic carbocycles. The molecule has 1 aromatic heterocycles. The third-order valence-corrected chi connectivity index (χ3v) is 3.22. The van der Waals surface area contributed by atoms with Crippen LogP contribution in [-0.4, -0.2) is 45.8 Å². The van der Waals surface area contributed by atoms with E-state index in [1.807, 2.05) is 6.92 Å². The number of aliphatic hydroxyl groups is 1. The fraction of sp³-hybridized carbons (Fsp3) is 0.800. The Morgan fingerprint density at radius 2 is 1.55 bits per heavy atom. The Morgan fingerprint density at radius 1 is 0.955 bits per heavy atom. The van der Waals surface area contributed by atoms with E-state index in [9.17, 15) is 5.11 Å². The molecule has 7 heteroatoms. The maximum absolute atomic E-state index is 9.30.